The number of benzene rings is 2. The lowest BCUT2D eigenvalue weighted by atomic mass is 9.94. The second kappa shape index (κ2) is 26.7. The summed E-state index contributed by atoms with van der Waals surface area (Å²) in [6, 6.07) is 20.1. The van der Waals surface area contributed by atoms with Gasteiger partial charge in [-0.1, -0.05) is 96.3 Å². The number of aryl methyl sites for hydroxylation is 1. The summed E-state index contributed by atoms with van der Waals surface area (Å²) in [6.07, 6.45) is 16.7. The molecule has 0 saturated heterocycles. The molecule has 2 heterocycles. The fourth-order valence-electron chi connectivity index (χ4n) is 6.43. The van der Waals surface area contributed by atoms with Gasteiger partial charge in [0.15, 0.2) is 5.69 Å². The maximum atomic E-state index is 10.6. The molecule has 316 valence electrons. The fourth-order valence-corrected chi connectivity index (χ4v) is 6.87. The Morgan fingerprint density at radius 3 is 1.47 bits per heavy atom. The van der Waals surface area contributed by atoms with Gasteiger partial charge in [0, 0.05) is 56.4 Å². The number of nitrogens with zero attached hydrogens (tertiary/aromatic N) is 8. The molecular weight excluding hydrogens is 783 g/mol. The van der Waals surface area contributed by atoms with Crippen molar-refractivity contribution in [2.24, 2.45) is 11.5 Å². The molecule has 14 heteroatoms. The van der Waals surface area contributed by atoms with Crippen LogP contribution in [0.5, 0.6) is 0 Å². The van der Waals surface area contributed by atoms with Gasteiger partial charge in [0.05, 0.1) is 32.4 Å². The SMILES string of the molecule is CC.CC(C)c1ccc(C(N)=O)nn1.CCc1ncc(C(N)=O)cn1.CN(c1ccc(C#N)c(Cl)c1)C1CCCCC1.CN(c1ccc(C#N)c(Cl)c1)C1CCCCC1. The first-order chi connectivity index (χ1) is 28.3. The van der Waals surface area contributed by atoms with Crippen LogP contribution in [0.4, 0.5) is 11.4 Å². The summed E-state index contributed by atoms with van der Waals surface area (Å²) in [6.45, 7) is 9.96. The largest absolute Gasteiger partial charge is 0.372 e. The summed E-state index contributed by atoms with van der Waals surface area (Å²) < 4.78 is 0. The van der Waals surface area contributed by atoms with Gasteiger partial charge in [0.1, 0.15) is 18.0 Å². The Kier molecular flexibility index (Phi) is 22.5. The quantitative estimate of drug-likeness (QED) is 0.173. The van der Waals surface area contributed by atoms with E-state index in [-0.39, 0.29) is 5.69 Å². The van der Waals surface area contributed by atoms with Crippen LogP contribution in [0.15, 0.2) is 60.9 Å². The molecule has 0 bridgehead atoms. The maximum Gasteiger partial charge on any atom is 0.269 e. The number of nitrogens with two attached hydrogens (primary N) is 2. The van der Waals surface area contributed by atoms with E-state index in [9.17, 15) is 9.59 Å². The number of anilines is 2. The summed E-state index contributed by atoms with van der Waals surface area (Å²) in [7, 11) is 4.24. The van der Waals surface area contributed by atoms with E-state index >= 15 is 0 Å². The number of primary amides is 2. The highest BCUT2D eigenvalue weighted by atomic mass is 35.5. The lowest BCUT2D eigenvalue weighted by Crippen LogP contribution is -2.33. The molecule has 2 aromatic heterocycles. The van der Waals surface area contributed by atoms with Crippen molar-refractivity contribution in [3.63, 3.8) is 0 Å². The standard InChI is InChI=1S/2C14H17ClN2.C8H11N3O.C7H9N3O.C2H6/c2*1-17(12-5-3-2-4-6-12)13-8-7-11(10-16)14(15)9-13;1-5(2)6-3-4-7(8(9)12)11-10-6;1-2-6-9-3-5(4-10-6)7(8)11;1-2/h2*7-9,12H,2-6H2,1H3;3-5H,1-2H3,(H2,9,12);3-4H,2H2,1H3,(H2,8,11);1-2H3. The third kappa shape index (κ3) is 16.5. The number of hydrogen-bond acceptors (Lipinski definition) is 10. The first-order valence-corrected chi connectivity index (χ1v) is 21.1. The Morgan fingerprint density at radius 2 is 1.17 bits per heavy atom. The molecule has 0 spiro atoms. The predicted octanol–water partition coefficient (Wildman–Crippen LogP) is 9.82. The van der Waals surface area contributed by atoms with Gasteiger partial charge in [0.25, 0.3) is 11.8 Å². The Hall–Kier alpha value is -5.30. The summed E-state index contributed by atoms with van der Waals surface area (Å²) in [5, 5.41) is 26.3. The van der Waals surface area contributed by atoms with Gasteiger partial charge >= 0.3 is 0 Å². The first-order valence-electron chi connectivity index (χ1n) is 20.4. The van der Waals surface area contributed by atoms with Gasteiger partial charge in [-0.25, -0.2) is 9.97 Å². The second-order valence-corrected chi connectivity index (χ2v) is 15.1. The number of halogens is 2. The van der Waals surface area contributed by atoms with Crippen LogP contribution >= 0.6 is 23.2 Å². The van der Waals surface area contributed by atoms with E-state index in [0.29, 0.717) is 44.7 Å². The van der Waals surface area contributed by atoms with Crippen LogP contribution in [0.3, 0.4) is 0 Å². The van der Waals surface area contributed by atoms with E-state index in [1.165, 1.54) is 76.6 Å². The maximum absolute atomic E-state index is 10.6. The third-order valence-electron chi connectivity index (χ3n) is 10.0. The minimum Gasteiger partial charge on any atom is -0.372 e. The number of nitriles is 2. The van der Waals surface area contributed by atoms with E-state index < -0.39 is 11.8 Å². The molecule has 2 fully saturated rings. The number of amides is 2. The summed E-state index contributed by atoms with van der Waals surface area (Å²) in [4.78, 5) is 33.6. The highest BCUT2D eigenvalue weighted by molar-refractivity contribution is 6.32. The summed E-state index contributed by atoms with van der Waals surface area (Å²) >= 11 is 12.1. The predicted molar refractivity (Wildman–Crippen MR) is 239 cm³/mol. The molecule has 2 aliphatic rings. The molecule has 4 N–H and O–H groups in total. The van der Waals surface area contributed by atoms with Gasteiger partial charge in [-0.3, -0.25) is 9.59 Å². The van der Waals surface area contributed by atoms with Gasteiger partial charge in [-0.05, 0) is 80.1 Å². The number of rotatable bonds is 8. The zero-order valence-electron chi connectivity index (χ0n) is 35.6. The van der Waals surface area contributed by atoms with E-state index in [0.717, 1.165) is 29.3 Å². The molecule has 2 amide bonds. The second-order valence-electron chi connectivity index (χ2n) is 14.3. The van der Waals surface area contributed by atoms with Gasteiger partial charge in [-0.2, -0.15) is 15.6 Å². The lowest BCUT2D eigenvalue weighted by Gasteiger charge is -2.33. The molecule has 0 radical (unpaired) electrons. The molecule has 0 atom stereocenters. The van der Waals surface area contributed by atoms with Crippen LogP contribution in [0, 0.1) is 22.7 Å². The molecule has 4 aromatic rings. The van der Waals surface area contributed by atoms with Gasteiger partial charge in [-0.15, -0.1) is 5.10 Å². The highest BCUT2D eigenvalue weighted by Crippen LogP contribution is 2.30. The van der Waals surface area contributed by atoms with E-state index in [2.05, 4.69) is 56.2 Å². The third-order valence-corrected chi connectivity index (χ3v) is 10.7. The molecule has 0 unspecified atom stereocenters. The normalized spacial score (nSPS) is 13.5. The number of carbonyl (C=O) groups is 2. The Morgan fingerprint density at radius 1 is 0.729 bits per heavy atom. The Balaban J connectivity index is 0.000000272. The smallest absolute Gasteiger partial charge is 0.269 e. The summed E-state index contributed by atoms with van der Waals surface area (Å²) in [5.41, 5.74) is 14.7. The van der Waals surface area contributed by atoms with E-state index in [1.54, 1.807) is 24.3 Å². The van der Waals surface area contributed by atoms with Gasteiger partial charge < -0.3 is 21.3 Å². The average molecular weight is 844 g/mol. The summed E-state index contributed by atoms with van der Waals surface area (Å²) in [5.74, 6) is -0.000106. The van der Waals surface area contributed by atoms with Crippen molar-refractivity contribution >= 4 is 46.4 Å². The molecule has 0 aliphatic heterocycles. The van der Waals surface area contributed by atoms with Crippen molar-refractivity contribution in [2.75, 3.05) is 23.9 Å². The zero-order chi connectivity index (χ0) is 43.9. The van der Waals surface area contributed by atoms with Crippen LogP contribution in [0.25, 0.3) is 0 Å². The number of hydrogen-bond donors (Lipinski definition) is 2. The van der Waals surface area contributed by atoms with E-state index in [1.807, 2.05) is 58.9 Å². The number of aromatic nitrogens is 4. The van der Waals surface area contributed by atoms with Crippen molar-refractivity contribution in [2.45, 2.75) is 123 Å². The fraction of sp³-hybridized carbons (Fsp3) is 0.467. The molecule has 59 heavy (non-hydrogen) atoms. The van der Waals surface area contributed by atoms with E-state index in [4.69, 9.17) is 45.2 Å². The Labute approximate surface area is 360 Å². The highest BCUT2D eigenvalue weighted by Gasteiger charge is 2.20. The van der Waals surface area contributed by atoms with Crippen molar-refractivity contribution in [1.29, 1.82) is 10.5 Å². The number of carbonyl (C=O) groups excluding carboxylic acids is 2. The van der Waals surface area contributed by atoms with Crippen molar-refractivity contribution in [3.05, 3.63) is 105 Å². The van der Waals surface area contributed by atoms with Gasteiger partial charge in [0.2, 0.25) is 0 Å². The molecule has 6 rings (SSSR count). The monoisotopic (exact) mass is 842 g/mol. The van der Waals surface area contributed by atoms with Crippen LogP contribution in [-0.4, -0.2) is 58.2 Å². The molecule has 2 aromatic carbocycles. The lowest BCUT2D eigenvalue weighted by molar-refractivity contribution is 0.0988. The van der Waals surface area contributed by atoms with Crippen LogP contribution in [-0.2, 0) is 6.42 Å². The van der Waals surface area contributed by atoms with Crippen molar-refractivity contribution in [1.82, 2.24) is 20.2 Å². The van der Waals surface area contributed by atoms with Crippen LogP contribution in [0.1, 0.15) is 148 Å². The van der Waals surface area contributed by atoms with Crippen LogP contribution in [0.2, 0.25) is 10.0 Å². The first kappa shape index (κ1) is 49.8. The molecular formula is C45H60Cl2N10O2. The molecule has 2 saturated carbocycles. The minimum absolute atomic E-state index is 0.208. The molecule has 12 nitrogen and oxygen atoms in total. The Bertz CT molecular complexity index is 1880. The average Bonchev–Trinajstić information content (AvgIpc) is 3.27. The topological polar surface area (TPSA) is 192 Å². The minimum atomic E-state index is -0.544. The van der Waals surface area contributed by atoms with Crippen LogP contribution < -0.4 is 21.3 Å². The molecule has 2 aliphatic carbocycles. The van der Waals surface area contributed by atoms with Crippen molar-refractivity contribution in [3.8, 4) is 12.1 Å². The van der Waals surface area contributed by atoms with Crippen molar-refractivity contribution < 1.29 is 9.59 Å². The zero-order valence-corrected chi connectivity index (χ0v) is 37.1.